The SMILES string of the molecule is Nc1ccc(Oc2cccc(F)c2)c2c1CNCC2. The van der Waals surface area contributed by atoms with Crippen LogP contribution in [0.25, 0.3) is 0 Å². The first kappa shape index (κ1) is 12.0. The van der Waals surface area contributed by atoms with Gasteiger partial charge in [0.1, 0.15) is 17.3 Å². The highest BCUT2D eigenvalue weighted by atomic mass is 19.1. The molecule has 1 aliphatic heterocycles. The second-order valence-electron chi connectivity index (χ2n) is 4.60. The Kier molecular flexibility index (Phi) is 3.09. The average Bonchev–Trinajstić information content (AvgIpc) is 2.42. The lowest BCUT2D eigenvalue weighted by atomic mass is 9.98. The van der Waals surface area contributed by atoms with Gasteiger partial charge in [-0.2, -0.15) is 0 Å². The highest BCUT2D eigenvalue weighted by molar-refractivity contribution is 5.58. The van der Waals surface area contributed by atoms with E-state index in [0.29, 0.717) is 5.75 Å². The summed E-state index contributed by atoms with van der Waals surface area (Å²) in [5.41, 5.74) is 8.94. The van der Waals surface area contributed by atoms with E-state index in [1.54, 1.807) is 12.1 Å². The summed E-state index contributed by atoms with van der Waals surface area (Å²) in [4.78, 5) is 0. The molecule has 4 heteroatoms. The smallest absolute Gasteiger partial charge is 0.131 e. The lowest BCUT2D eigenvalue weighted by Gasteiger charge is -2.22. The topological polar surface area (TPSA) is 47.3 Å². The molecule has 0 amide bonds. The van der Waals surface area contributed by atoms with Gasteiger partial charge in [0.05, 0.1) is 0 Å². The van der Waals surface area contributed by atoms with Gasteiger partial charge in [0.2, 0.25) is 0 Å². The summed E-state index contributed by atoms with van der Waals surface area (Å²) < 4.78 is 19.0. The molecule has 0 aliphatic carbocycles. The van der Waals surface area contributed by atoms with Crippen molar-refractivity contribution in [3.63, 3.8) is 0 Å². The molecule has 0 spiro atoms. The number of fused-ring (bicyclic) bond motifs is 1. The van der Waals surface area contributed by atoms with Gasteiger partial charge in [0, 0.05) is 23.9 Å². The van der Waals surface area contributed by atoms with Gasteiger partial charge < -0.3 is 15.8 Å². The first-order chi connectivity index (χ1) is 9.24. The third kappa shape index (κ3) is 2.39. The van der Waals surface area contributed by atoms with Gasteiger partial charge in [-0.15, -0.1) is 0 Å². The van der Waals surface area contributed by atoms with Crippen molar-refractivity contribution in [2.24, 2.45) is 0 Å². The number of hydrogen-bond acceptors (Lipinski definition) is 3. The van der Waals surface area contributed by atoms with E-state index >= 15 is 0 Å². The van der Waals surface area contributed by atoms with Crippen molar-refractivity contribution in [3.05, 3.63) is 53.3 Å². The number of ether oxygens (including phenoxy) is 1. The molecule has 1 heterocycles. The molecule has 0 saturated heterocycles. The molecule has 2 aromatic carbocycles. The van der Waals surface area contributed by atoms with Gasteiger partial charge in [0.15, 0.2) is 0 Å². The van der Waals surface area contributed by atoms with Crippen LogP contribution in [0.1, 0.15) is 11.1 Å². The number of nitrogen functional groups attached to an aromatic ring is 1. The van der Waals surface area contributed by atoms with Gasteiger partial charge in [-0.25, -0.2) is 4.39 Å². The summed E-state index contributed by atoms with van der Waals surface area (Å²) in [6.07, 6.45) is 0.866. The van der Waals surface area contributed by atoms with Crippen molar-refractivity contribution in [1.29, 1.82) is 0 Å². The molecule has 0 aromatic heterocycles. The normalized spacial score (nSPS) is 13.9. The van der Waals surface area contributed by atoms with Gasteiger partial charge >= 0.3 is 0 Å². The molecular formula is C15H15FN2O. The number of hydrogen-bond donors (Lipinski definition) is 2. The molecule has 3 rings (SSSR count). The summed E-state index contributed by atoms with van der Waals surface area (Å²) >= 11 is 0. The fourth-order valence-corrected chi connectivity index (χ4v) is 2.35. The monoisotopic (exact) mass is 258 g/mol. The minimum Gasteiger partial charge on any atom is -0.457 e. The first-order valence-electron chi connectivity index (χ1n) is 6.28. The van der Waals surface area contributed by atoms with Crippen LogP contribution in [-0.4, -0.2) is 6.54 Å². The number of rotatable bonds is 2. The Morgan fingerprint density at radius 3 is 2.89 bits per heavy atom. The van der Waals surface area contributed by atoms with Crippen LogP contribution in [0.3, 0.4) is 0 Å². The van der Waals surface area contributed by atoms with Crippen LogP contribution in [0.5, 0.6) is 11.5 Å². The van der Waals surface area contributed by atoms with Crippen molar-refractivity contribution in [2.75, 3.05) is 12.3 Å². The second-order valence-corrected chi connectivity index (χ2v) is 4.60. The minimum atomic E-state index is -0.302. The predicted molar refractivity (Wildman–Crippen MR) is 72.7 cm³/mol. The lowest BCUT2D eigenvalue weighted by molar-refractivity contribution is 0.465. The van der Waals surface area contributed by atoms with Gasteiger partial charge in [-0.1, -0.05) is 6.07 Å². The van der Waals surface area contributed by atoms with E-state index < -0.39 is 0 Å². The zero-order valence-corrected chi connectivity index (χ0v) is 10.4. The molecule has 0 bridgehead atoms. The Morgan fingerprint density at radius 1 is 1.16 bits per heavy atom. The molecule has 2 aromatic rings. The van der Waals surface area contributed by atoms with Crippen LogP contribution in [0.2, 0.25) is 0 Å². The number of anilines is 1. The Bertz CT molecular complexity index is 613. The van der Waals surface area contributed by atoms with Crippen molar-refractivity contribution >= 4 is 5.69 Å². The van der Waals surface area contributed by atoms with E-state index in [1.807, 2.05) is 12.1 Å². The Morgan fingerprint density at radius 2 is 2.05 bits per heavy atom. The first-order valence-corrected chi connectivity index (χ1v) is 6.28. The Balaban J connectivity index is 1.97. The maximum atomic E-state index is 13.2. The summed E-state index contributed by atoms with van der Waals surface area (Å²) in [5, 5.41) is 3.29. The van der Waals surface area contributed by atoms with E-state index in [0.717, 1.165) is 42.1 Å². The van der Waals surface area contributed by atoms with Crippen LogP contribution in [-0.2, 0) is 13.0 Å². The predicted octanol–water partition coefficient (Wildman–Crippen LogP) is 2.85. The molecule has 19 heavy (non-hydrogen) atoms. The van der Waals surface area contributed by atoms with Crippen molar-refractivity contribution in [2.45, 2.75) is 13.0 Å². The maximum absolute atomic E-state index is 13.2. The minimum absolute atomic E-state index is 0.302. The van der Waals surface area contributed by atoms with Crippen molar-refractivity contribution < 1.29 is 9.13 Å². The number of benzene rings is 2. The van der Waals surface area contributed by atoms with Crippen LogP contribution < -0.4 is 15.8 Å². The molecule has 98 valence electrons. The molecule has 0 unspecified atom stereocenters. The summed E-state index contributed by atoms with van der Waals surface area (Å²) in [6.45, 7) is 1.65. The zero-order chi connectivity index (χ0) is 13.2. The van der Waals surface area contributed by atoms with Crippen molar-refractivity contribution in [1.82, 2.24) is 5.32 Å². The van der Waals surface area contributed by atoms with E-state index in [-0.39, 0.29) is 5.82 Å². The van der Waals surface area contributed by atoms with Gasteiger partial charge in [0.25, 0.3) is 0 Å². The van der Waals surface area contributed by atoms with Crippen molar-refractivity contribution in [3.8, 4) is 11.5 Å². The Labute approximate surface area is 111 Å². The maximum Gasteiger partial charge on any atom is 0.131 e. The quantitative estimate of drug-likeness (QED) is 0.814. The molecular weight excluding hydrogens is 243 g/mol. The lowest BCUT2D eigenvalue weighted by Crippen LogP contribution is -2.25. The largest absolute Gasteiger partial charge is 0.457 e. The zero-order valence-electron chi connectivity index (χ0n) is 10.4. The van der Waals surface area contributed by atoms with Gasteiger partial charge in [-0.3, -0.25) is 0 Å². The van der Waals surface area contributed by atoms with Crippen LogP contribution >= 0.6 is 0 Å². The van der Waals surface area contributed by atoms with E-state index in [9.17, 15) is 4.39 Å². The summed E-state index contributed by atoms with van der Waals surface area (Å²) in [7, 11) is 0. The fraction of sp³-hybridized carbons (Fsp3) is 0.200. The summed E-state index contributed by atoms with van der Waals surface area (Å²) in [5.74, 6) is 0.963. The van der Waals surface area contributed by atoms with E-state index in [2.05, 4.69) is 5.32 Å². The van der Waals surface area contributed by atoms with Gasteiger partial charge in [-0.05, 0) is 42.8 Å². The third-order valence-corrected chi connectivity index (χ3v) is 3.30. The summed E-state index contributed by atoms with van der Waals surface area (Å²) in [6, 6.07) is 9.84. The van der Waals surface area contributed by atoms with Crippen LogP contribution in [0, 0.1) is 5.82 Å². The Hall–Kier alpha value is -2.07. The molecule has 3 N–H and O–H groups in total. The number of nitrogens with two attached hydrogens (primary N) is 1. The number of halogens is 1. The second kappa shape index (κ2) is 4.90. The van der Waals surface area contributed by atoms with E-state index in [1.165, 1.54) is 12.1 Å². The highest BCUT2D eigenvalue weighted by Gasteiger charge is 2.16. The third-order valence-electron chi connectivity index (χ3n) is 3.30. The van der Waals surface area contributed by atoms with E-state index in [4.69, 9.17) is 10.5 Å². The number of nitrogens with one attached hydrogen (secondary N) is 1. The molecule has 0 radical (unpaired) electrons. The molecule has 0 atom stereocenters. The standard InChI is InChI=1S/C15H15FN2O/c16-10-2-1-3-11(8-10)19-15-5-4-14(17)13-9-18-7-6-12(13)15/h1-5,8,18H,6-7,9,17H2. The average molecular weight is 258 g/mol. The highest BCUT2D eigenvalue weighted by Crippen LogP contribution is 2.33. The fourth-order valence-electron chi connectivity index (χ4n) is 2.35. The van der Waals surface area contributed by atoms with Crippen LogP contribution in [0.4, 0.5) is 10.1 Å². The van der Waals surface area contributed by atoms with Crippen LogP contribution in [0.15, 0.2) is 36.4 Å². The molecule has 1 aliphatic rings. The molecule has 0 fully saturated rings. The molecule has 0 saturated carbocycles. The molecule has 3 nitrogen and oxygen atoms in total.